The van der Waals surface area contributed by atoms with Crippen LogP contribution in [0.2, 0.25) is 0 Å². The highest BCUT2D eigenvalue weighted by molar-refractivity contribution is 14.0. The summed E-state index contributed by atoms with van der Waals surface area (Å²) in [5.74, 6) is 3.93. The summed E-state index contributed by atoms with van der Waals surface area (Å²) in [6, 6.07) is 0.735. The van der Waals surface area contributed by atoms with Crippen molar-refractivity contribution in [1.82, 2.24) is 25.4 Å². The van der Waals surface area contributed by atoms with Crippen molar-refractivity contribution in [2.75, 3.05) is 13.7 Å². The lowest BCUT2D eigenvalue weighted by Gasteiger charge is -2.60. The molecule has 4 atom stereocenters. The van der Waals surface area contributed by atoms with Crippen LogP contribution in [0.25, 0.3) is 0 Å². The van der Waals surface area contributed by atoms with Crippen molar-refractivity contribution < 1.29 is 4.74 Å². The minimum Gasteiger partial charge on any atom is -0.377 e. The maximum Gasteiger partial charge on any atom is 0.191 e. The summed E-state index contributed by atoms with van der Waals surface area (Å²) in [5.41, 5.74) is 0.139. The fraction of sp³-hybridized carbons (Fsp3) is 0.850. The number of aromatic nitrogens is 3. The number of nitrogens with one attached hydrogen (secondary N) is 2. The maximum atomic E-state index is 6.03. The number of fused-ring (bicyclic) bond motifs is 2. The van der Waals surface area contributed by atoms with E-state index in [1.807, 2.05) is 7.05 Å². The summed E-state index contributed by atoms with van der Waals surface area (Å²) in [6.07, 6.45) is 4.80. The second-order valence-corrected chi connectivity index (χ2v) is 9.22. The first kappa shape index (κ1) is 21.8. The van der Waals surface area contributed by atoms with Crippen LogP contribution >= 0.6 is 24.0 Å². The van der Waals surface area contributed by atoms with Crippen LogP contribution in [-0.2, 0) is 17.7 Å². The predicted molar refractivity (Wildman–Crippen MR) is 121 cm³/mol. The fourth-order valence-corrected chi connectivity index (χ4v) is 5.02. The normalized spacial score (nSPS) is 31.3. The van der Waals surface area contributed by atoms with Crippen LogP contribution in [0.5, 0.6) is 0 Å². The van der Waals surface area contributed by atoms with Gasteiger partial charge in [-0.05, 0) is 19.3 Å². The molecule has 1 saturated carbocycles. The van der Waals surface area contributed by atoms with Gasteiger partial charge in [-0.25, -0.2) is 9.67 Å². The zero-order valence-corrected chi connectivity index (χ0v) is 20.1. The molecule has 28 heavy (non-hydrogen) atoms. The first-order valence-electron chi connectivity index (χ1n) is 10.4. The molecule has 2 aliphatic heterocycles. The molecule has 0 radical (unpaired) electrons. The van der Waals surface area contributed by atoms with Gasteiger partial charge in [0, 0.05) is 49.4 Å². The van der Waals surface area contributed by atoms with E-state index in [4.69, 9.17) is 4.74 Å². The Morgan fingerprint density at radius 1 is 1.29 bits per heavy atom. The van der Waals surface area contributed by atoms with Gasteiger partial charge in [-0.15, -0.1) is 24.0 Å². The highest BCUT2D eigenvalue weighted by Crippen LogP contribution is 2.51. The van der Waals surface area contributed by atoms with Gasteiger partial charge >= 0.3 is 0 Å². The Bertz CT molecular complexity index is 716. The minimum absolute atomic E-state index is 0. The van der Waals surface area contributed by atoms with Gasteiger partial charge in [0.05, 0.1) is 12.6 Å². The molecule has 2 N–H and O–H groups in total. The van der Waals surface area contributed by atoms with E-state index in [1.54, 1.807) is 0 Å². The molecule has 0 spiro atoms. The molecule has 1 aromatic rings. The number of aryl methyl sites for hydroxylation is 1. The average molecular weight is 502 g/mol. The summed E-state index contributed by atoms with van der Waals surface area (Å²) in [4.78, 5) is 9.19. The van der Waals surface area contributed by atoms with Crippen LogP contribution in [0.4, 0.5) is 0 Å². The number of ether oxygens (including phenoxy) is 1. The molecule has 7 nitrogen and oxygen atoms in total. The Labute approximate surface area is 185 Å². The molecule has 158 valence electrons. The lowest BCUT2D eigenvalue weighted by Crippen LogP contribution is -2.71. The minimum atomic E-state index is 0. The summed E-state index contributed by atoms with van der Waals surface area (Å²) in [7, 11) is 1.86. The van der Waals surface area contributed by atoms with Crippen molar-refractivity contribution in [2.45, 2.75) is 84.0 Å². The first-order valence-corrected chi connectivity index (χ1v) is 10.4. The first-order chi connectivity index (χ1) is 12.9. The fourth-order valence-electron chi connectivity index (χ4n) is 5.02. The number of rotatable bonds is 3. The number of nitrogens with zero attached hydrogens (tertiary/aromatic N) is 4. The number of hydrogen-bond acceptors (Lipinski definition) is 4. The molecule has 3 aliphatic rings. The molecule has 4 rings (SSSR count). The van der Waals surface area contributed by atoms with Crippen LogP contribution in [-0.4, -0.2) is 52.6 Å². The van der Waals surface area contributed by atoms with E-state index >= 15 is 0 Å². The molecular weight excluding hydrogens is 467 g/mol. The van der Waals surface area contributed by atoms with Crippen LogP contribution < -0.4 is 10.6 Å². The van der Waals surface area contributed by atoms with Gasteiger partial charge in [0.15, 0.2) is 11.8 Å². The van der Waals surface area contributed by atoms with Crippen molar-refractivity contribution in [3.63, 3.8) is 0 Å². The molecule has 8 heteroatoms. The molecule has 2 fully saturated rings. The van der Waals surface area contributed by atoms with E-state index < -0.39 is 0 Å². The van der Waals surface area contributed by atoms with Crippen molar-refractivity contribution in [2.24, 2.45) is 16.3 Å². The van der Waals surface area contributed by atoms with E-state index in [-0.39, 0.29) is 29.4 Å². The zero-order chi connectivity index (χ0) is 19.2. The third-order valence-electron chi connectivity index (χ3n) is 6.58. The molecular formula is C20H35IN6O. The molecule has 0 aromatic carbocycles. The summed E-state index contributed by atoms with van der Waals surface area (Å²) in [6.45, 7) is 10.7. The molecule has 4 unspecified atom stereocenters. The van der Waals surface area contributed by atoms with E-state index in [0.29, 0.717) is 30.0 Å². The second kappa shape index (κ2) is 8.45. The van der Waals surface area contributed by atoms with Gasteiger partial charge in [0.2, 0.25) is 0 Å². The van der Waals surface area contributed by atoms with Gasteiger partial charge in [-0.2, -0.15) is 5.10 Å². The molecule has 1 aromatic heterocycles. The summed E-state index contributed by atoms with van der Waals surface area (Å²) < 4.78 is 8.10. The number of guanidine groups is 1. The highest BCUT2D eigenvalue weighted by atomic mass is 127. The van der Waals surface area contributed by atoms with Gasteiger partial charge in [0.1, 0.15) is 5.82 Å². The van der Waals surface area contributed by atoms with E-state index in [9.17, 15) is 0 Å². The Hall–Kier alpha value is -0.900. The van der Waals surface area contributed by atoms with Crippen molar-refractivity contribution in [3.8, 4) is 0 Å². The average Bonchev–Trinajstić information content (AvgIpc) is 3.08. The third-order valence-corrected chi connectivity index (χ3v) is 6.58. The van der Waals surface area contributed by atoms with Gasteiger partial charge in [-0.1, -0.05) is 27.7 Å². The van der Waals surface area contributed by atoms with Crippen molar-refractivity contribution in [3.05, 3.63) is 11.6 Å². The maximum absolute atomic E-state index is 6.03. The highest BCUT2D eigenvalue weighted by Gasteiger charge is 2.58. The Kier molecular flexibility index (Phi) is 6.58. The Morgan fingerprint density at radius 3 is 2.79 bits per heavy atom. The number of halogens is 1. The summed E-state index contributed by atoms with van der Waals surface area (Å²) in [5, 5.41) is 12.0. The van der Waals surface area contributed by atoms with Gasteiger partial charge in [-0.3, -0.25) is 4.99 Å². The molecule has 1 saturated heterocycles. The third kappa shape index (κ3) is 3.91. The lowest BCUT2D eigenvalue weighted by molar-refractivity contribution is -0.188. The van der Waals surface area contributed by atoms with Crippen LogP contribution in [0, 0.1) is 11.3 Å². The molecule has 3 heterocycles. The molecule has 1 aliphatic carbocycles. The van der Waals surface area contributed by atoms with E-state index in [0.717, 1.165) is 50.0 Å². The molecule has 0 amide bonds. The van der Waals surface area contributed by atoms with Gasteiger partial charge in [0.25, 0.3) is 0 Å². The smallest absolute Gasteiger partial charge is 0.191 e. The number of aliphatic imine (C=N–C) groups is 1. The van der Waals surface area contributed by atoms with E-state index in [1.165, 1.54) is 6.42 Å². The standard InChI is InChI=1S/C20H34N6O.HI/c1-12(2)18-23-15-9-8-13(11-26(15)25-18)22-19(21-5)24-16-14-7-6-10-27-17(14)20(16,3)4;/h12-14,16-17H,6-11H2,1-5H3,(H2,21,22,24);1H. The Balaban J connectivity index is 0.00000225. The van der Waals surface area contributed by atoms with Crippen molar-refractivity contribution >= 4 is 29.9 Å². The monoisotopic (exact) mass is 502 g/mol. The number of hydrogen-bond donors (Lipinski definition) is 2. The largest absolute Gasteiger partial charge is 0.377 e. The van der Waals surface area contributed by atoms with Crippen molar-refractivity contribution in [1.29, 1.82) is 0 Å². The van der Waals surface area contributed by atoms with E-state index in [2.05, 4.69) is 58.1 Å². The topological polar surface area (TPSA) is 76.4 Å². The summed E-state index contributed by atoms with van der Waals surface area (Å²) >= 11 is 0. The van der Waals surface area contributed by atoms with Crippen LogP contribution in [0.15, 0.2) is 4.99 Å². The Morgan fingerprint density at radius 2 is 2.07 bits per heavy atom. The quantitative estimate of drug-likeness (QED) is 0.378. The second-order valence-electron chi connectivity index (χ2n) is 9.22. The predicted octanol–water partition coefficient (Wildman–Crippen LogP) is 2.70. The zero-order valence-electron chi connectivity index (χ0n) is 17.7. The lowest BCUT2D eigenvalue weighted by atomic mass is 9.55. The van der Waals surface area contributed by atoms with Crippen LogP contribution in [0.3, 0.4) is 0 Å². The van der Waals surface area contributed by atoms with Crippen LogP contribution in [0.1, 0.15) is 64.5 Å². The molecule has 0 bridgehead atoms. The SMILES string of the molecule is CN=C(NC1CCc2nc(C(C)C)nn2C1)NC1C2CCCOC2C1(C)C.I. The van der Waals surface area contributed by atoms with Gasteiger partial charge < -0.3 is 15.4 Å².